The Balaban J connectivity index is 2.28. The molecule has 1 aliphatic heterocycles. The quantitative estimate of drug-likeness (QED) is 0.720. The minimum atomic E-state index is -0.284. The molecule has 2 heterocycles. The number of aliphatic hydroxyl groups excluding tert-OH is 1. The second kappa shape index (κ2) is 3.59. The summed E-state index contributed by atoms with van der Waals surface area (Å²) in [6, 6.07) is 0. The van der Waals surface area contributed by atoms with Crippen molar-refractivity contribution in [2.45, 2.75) is 6.10 Å². The highest BCUT2D eigenvalue weighted by molar-refractivity contribution is 6.31. The van der Waals surface area contributed by atoms with Crippen LogP contribution in [0.25, 0.3) is 0 Å². The third-order valence-electron chi connectivity index (χ3n) is 2.11. The molecule has 76 valence electrons. The fraction of sp³-hybridized carbons (Fsp3) is 0.500. The molecule has 1 aromatic heterocycles. The molecule has 1 aliphatic rings. The van der Waals surface area contributed by atoms with Gasteiger partial charge in [-0.25, -0.2) is 9.97 Å². The normalized spacial score (nSPS) is 16.6. The largest absolute Gasteiger partial charge is 0.490 e. The van der Waals surface area contributed by atoms with E-state index in [-0.39, 0.29) is 6.10 Å². The molecule has 0 radical (unpaired) electrons. The molecule has 0 saturated carbocycles. The van der Waals surface area contributed by atoms with Crippen molar-refractivity contribution in [3.8, 4) is 5.75 Å². The van der Waals surface area contributed by atoms with Crippen molar-refractivity contribution >= 4 is 17.4 Å². The number of β-amino-alcohol motifs (C(OH)–C–C–N with tert-alkyl or cyclic N) is 1. The predicted molar refractivity (Wildman–Crippen MR) is 51.8 cm³/mol. The van der Waals surface area contributed by atoms with Gasteiger partial charge in [0.25, 0.3) is 0 Å². The Hall–Kier alpha value is -1.07. The molecule has 0 amide bonds. The lowest BCUT2D eigenvalue weighted by Crippen LogP contribution is -2.51. The van der Waals surface area contributed by atoms with Gasteiger partial charge in [-0.05, 0) is 0 Å². The summed E-state index contributed by atoms with van der Waals surface area (Å²) in [6.07, 6.45) is 1.10. The Morgan fingerprint density at radius 2 is 2.29 bits per heavy atom. The van der Waals surface area contributed by atoms with Crippen LogP contribution in [0.15, 0.2) is 6.33 Å². The molecule has 5 nitrogen and oxygen atoms in total. The molecule has 1 fully saturated rings. The first-order valence-electron chi connectivity index (χ1n) is 4.20. The van der Waals surface area contributed by atoms with Gasteiger partial charge >= 0.3 is 0 Å². The number of methoxy groups -OCH3 is 1. The predicted octanol–water partition coefficient (Wildman–Crippen LogP) is 0.319. The van der Waals surface area contributed by atoms with Crippen LogP contribution < -0.4 is 9.64 Å². The van der Waals surface area contributed by atoms with Crippen molar-refractivity contribution in [2.24, 2.45) is 0 Å². The summed E-state index contributed by atoms with van der Waals surface area (Å²) < 4.78 is 5.09. The molecule has 2 rings (SSSR count). The highest BCUT2D eigenvalue weighted by atomic mass is 35.5. The fourth-order valence-corrected chi connectivity index (χ4v) is 1.58. The number of hydrogen-bond acceptors (Lipinski definition) is 5. The second-order valence-corrected chi connectivity index (χ2v) is 3.44. The van der Waals surface area contributed by atoms with Crippen molar-refractivity contribution in [3.05, 3.63) is 11.5 Å². The van der Waals surface area contributed by atoms with Crippen LogP contribution in [0, 0.1) is 0 Å². The number of nitrogens with zero attached hydrogens (tertiary/aromatic N) is 3. The monoisotopic (exact) mass is 215 g/mol. The molecule has 1 aromatic rings. The lowest BCUT2D eigenvalue weighted by molar-refractivity contribution is 0.140. The molecule has 0 atom stereocenters. The van der Waals surface area contributed by atoms with Crippen LogP contribution in [0.5, 0.6) is 5.75 Å². The van der Waals surface area contributed by atoms with Gasteiger partial charge in [-0.15, -0.1) is 0 Å². The van der Waals surface area contributed by atoms with Crippen molar-refractivity contribution in [2.75, 3.05) is 25.1 Å². The molecule has 6 heteroatoms. The summed E-state index contributed by atoms with van der Waals surface area (Å²) in [6.45, 7) is 1.12. The van der Waals surface area contributed by atoms with Crippen molar-refractivity contribution in [1.82, 2.24) is 9.97 Å². The van der Waals surface area contributed by atoms with E-state index < -0.39 is 0 Å². The zero-order valence-electron chi connectivity index (χ0n) is 7.64. The Morgan fingerprint density at radius 3 is 2.86 bits per heavy atom. The van der Waals surface area contributed by atoms with Crippen LogP contribution in [0.4, 0.5) is 5.82 Å². The molecule has 14 heavy (non-hydrogen) atoms. The van der Waals surface area contributed by atoms with Gasteiger partial charge in [0.15, 0.2) is 16.7 Å². The van der Waals surface area contributed by atoms with Crippen LogP contribution in [0.1, 0.15) is 0 Å². The lowest BCUT2D eigenvalue weighted by atomic mass is 10.2. The van der Waals surface area contributed by atoms with Gasteiger partial charge in [0, 0.05) is 13.1 Å². The number of anilines is 1. The zero-order valence-corrected chi connectivity index (χ0v) is 8.40. The average Bonchev–Trinajstić information content (AvgIpc) is 2.13. The highest BCUT2D eigenvalue weighted by Gasteiger charge is 2.28. The number of rotatable bonds is 2. The van der Waals surface area contributed by atoms with Crippen LogP contribution in [0.2, 0.25) is 5.15 Å². The maximum Gasteiger partial charge on any atom is 0.199 e. The number of aromatic nitrogens is 2. The minimum Gasteiger partial charge on any atom is -0.490 e. The van der Waals surface area contributed by atoms with Gasteiger partial charge in [0.05, 0.1) is 13.2 Å². The lowest BCUT2D eigenvalue weighted by Gasteiger charge is -2.37. The fourth-order valence-electron chi connectivity index (χ4n) is 1.37. The Kier molecular flexibility index (Phi) is 2.43. The topological polar surface area (TPSA) is 58.5 Å². The standard InChI is InChI=1S/C8H10ClN3O2/c1-14-6-7(9)10-4-11-8(6)12-2-5(13)3-12/h4-5,13H,2-3H2,1H3. The SMILES string of the molecule is COc1c(Cl)ncnc1N1CC(O)C1. The van der Waals surface area contributed by atoms with E-state index in [0.717, 1.165) is 0 Å². The summed E-state index contributed by atoms with van der Waals surface area (Å²) in [7, 11) is 1.52. The average molecular weight is 216 g/mol. The van der Waals surface area contributed by atoms with E-state index in [0.29, 0.717) is 29.8 Å². The summed E-state index contributed by atoms with van der Waals surface area (Å²) in [5.74, 6) is 1.10. The maximum absolute atomic E-state index is 9.15. The van der Waals surface area contributed by atoms with E-state index in [4.69, 9.17) is 21.4 Å². The van der Waals surface area contributed by atoms with E-state index in [2.05, 4.69) is 9.97 Å². The molecule has 1 saturated heterocycles. The number of aliphatic hydroxyl groups is 1. The Labute approximate surface area is 86.3 Å². The summed E-state index contributed by atoms with van der Waals surface area (Å²) >= 11 is 5.83. The molecule has 0 aliphatic carbocycles. The van der Waals surface area contributed by atoms with E-state index in [1.54, 1.807) is 0 Å². The Bertz CT molecular complexity index is 341. The minimum absolute atomic E-state index is 0.284. The number of halogens is 1. The van der Waals surface area contributed by atoms with E-state index in [1.165, 1.54) is 13.4 Å². The Morgan fingerprint density at radius 1 is 1.57 bits per heavy atom. The molecule has 1 N–H and O–H groups in total. The summed E-state index contributed by atoms with van der Waals surface area (Å²) in [4.78, 5) is 9.76. The first kappa shape index (κ1) is 9.48. The van der Waals surface area contributed by atoms with Crippen molar-refractivity contribution in [3.63, 3.8) is 0 Å². The smallest absolute Gasteiger partial charge is 0.199 e. The summed E-state index contributed by atoms with van der Waals surface area (Å²) in [5, 5.41) is 9.44. The van der Waals surface area contributed by atoms with Crippen LogP contribution in [-0.4, -0.2) is 41.4 Å². The zero-order chi connectivity index (χ0) is 10.1. The molecular weight excluding hydrogens is 206 g/mol. The van der Waals surface area contributed by atoms with Crippen LogP contribution >= 0.6 is 11.6 Å². The maximum atomic E-state index is 9.15. The second-order valence-electron chi connectivity index (χ2n) is 3.08. The molecular formula is C8H10ClN3O2. The number of hydrogen-bond donors (Lipinski definition) is 1. The highest BCUT2D eigenvalue weighted by Crippen LogP contribution is 2.33. The van der Waals surface area contributed by atoms with Crippen LogP contribution in [0.3, 0.4) is 0 Å². The van der Waals surface area contributed by atoms with Gasteiger partial charge in [-0.2, -0.15) is 0 Å². The van der Waals surface area contributed by atoms with Gasteiger partial charge in [0.1, 0.15) is 6.33 Å². The first-order chi connectivity index (χ1) is 6.72. The summed E-state index contributed by atoms with van der Waals surface area (Å²) in [5.41, 5.74) is 0. The third-order valence-corrected chi connectivity index (χ3v) is 2.38. The third kappa shape index (κ3) is 1.49. The van der Waals surface area contributed by atoms with Gasteiger partial charge in [-0.3, -0.25) is 0 Å². The molecule has 0 aromatic carbocycles. The molecule has 0 unspecified atom stereocenters. The molecule has 0 spiro atoms. The molecule has 0 bridgehead atoms. The number of ether oxygens (including phenoxy) is 1. The van der Waals surface area contributed by atoms with Crippen LogP contribution in [-0.2, 0) is 0 Å². The van der Waals surface area contributed by atoms with Gasteiger partial charge in [-0.1, -0.05) is 11.6 Å². The van der Waals surface area contributed by atoms with Gasteiger partial charge < -0.3 is 14.7 Å². The van der Waals surface area contributed by atoms with E-state index in [1.807, 2.05) is 4.90 Å². The van der Waals surface area contributed by atoms with Crippen molar-refractivity contribution in [1.29, 1.82) is 0 Å². The first-order valence-corrected chi connectivity index (χ1v) is 4.57. The van der Waals surface area contributed by atoms with E-state index >= 15 is 0 Å². The van der Waals surface area contributed by atoms with E-state index in [9.17, 15) is 0 Å². The van der Waals surface area contributed by atoms with Gasteiger partial charge in [0.2, 0.25) is 0 Å². The van der Waals surface area contributed by atoms with Crippen molar-refractivity contribution < 1.29 is 9.84 Å².